The largest absolute Gasteiger partial charge is 0.497 e. The summed E-state index contributed by atoms with van der Waals surface area (Å²) in [7, 11) is 1.65. The van der Waals surface area contributed by atoms with E-state index < -0.39 is 0 Å². The Labute approximate surface area is 160 Å². The van der Waals surface area contributed by atoms with Crippen molar-refractivity contribution in [1.29, 1.82) is 0 Å². The molecule has 27 heavy (non-hydrogen) atoms. The number of aryl methyl sites for hydroxylation is 1. The van der Waals surface area contributed by atoms with Gasteiger partial charge in [0.05, 0.1) is 7.11 Å². The lowest BCUT2D eigenvalue weighted by Gasteiger charge is -2.19. The molecule has 1 aromatic heterocycles. The second kappa shape index (κ2) is 7.66. The monoisotopic (exact) mass is 362 g/mol. The molecular formula is C22H26N4O. The standard InChI is InChI=1S/C22H26N4O/c1-15-13-20(24-17-11-9-16(10-12-17)22(2,3)4)26-21(23-15)25-18-7-6-8-19(14-18)27-5/h6-14H,1-5H3,(H2,23,24,25,26). The van der Waals surface area contributed by atoms with Gasteiger partial charge in [0, 0.05) is 29.2 Å². The average Bonchev–Trinajstić information content (AvgIpc) is 2.61. The van der Waals surface area contributed by atoms with E-state index in [4.69, 9.17) is 4.74 Å². The summed E-state index contributed by atoms with van der Waals surface area (Å²) in [4.78, 5) is 9.05. The maximum atomic E-state index is 5.26. The van der Waals surface area contributed by atoms with Crippen molar-refractivity contribution in [3.05, 3.63) is 65.9 Å². The van der Waals surface area contributed by atoms with Crippen molar-refractivity contribution in [2.45, 2.75) is 33.1 Å². The van der Waals surface area contributed by atoms with Crippen molar-refractivity contribution in [3.63, 3.8) is 0 Å². The number of methoxy groups -OCH3 is 1. The fraction of sp³-hybridized carbons (Fsp3) is 0.273. The molecule has 0 aliphatic carbocycles. The molecule has 3 aromatic rings. The molecule has 0 radical (unpaired) electrons. The lowest BCUT2D eigenvalue weighted by atomic mass is 9.87. The predicted octanol–water partition coefficient (Wildman–Crippen LogP) is 5.58. The van der Waals surface area contributed by atoms with Gasteiger partial charge in [-0.15, -0.1) is 0 Å². The van der Waals surface area contributed by atoms with E-state index in [0.29, 0.717) is 5.95 Å². The van der Waals surface area contributed by atoms with Crippen molar-refractivity contribution < 1.29 is 4.74 Å². The van der Waals surface area contributed by atoms with Crippen molar-refractivity contribution in [2.75, 3.05) is 17.7 Å². The van der Waals surface area contributed by atoms with Crippen LogP contribution in [-0.4, -0.2) is 17.1 Å². The fourth-order valence-electron chi connectivity index (χ4n) is 2.72. The summed E-state index contributed by atoms with van der Waals surface area (Å²) in [6, 6.07) is 18.0. The van der Waals surface area contributed by atoms with Gasteiger partial charge in [-0.3, -0.25) is 0 Å². The number of nitrogens with one attached hydrogen (secondary N) is 2. The fourth-order valence-corrected chi connectivity index (χ4v) is 2.72. The SMILES string of the molecule is COc1cccc(Nc2nc(C)cc(Nc3ccc(C(C)(C)C)cc3)n2)c1. The Morgan fingerprint density at radius 3 is 2.26 bits per heavy atom. The van der Waals surface area contributed by atoms with Crippen LogP contribution in [0.25, 0.3) is 0 Å². The van der Waals surface area contributed by atoms with Crippen molar-refractivity contribution in [1.82, 2.24) is 9.97 Å². The molecule has 2 N–H and O–H groups in total. The van der Waals surface area contributed by atoms with Gasteiger partial charge in [0.2, 0.25) is 5.95 Å². The van der Waals surface area contributed by atoms with E-state index in [0.717, 1.165) is 28.6 Å². The third-order valence-corrected chi connectivity index (χ3v) is 4.20. The summed E-state index contributed by atoms with van der Waals surface area (Å²) >= 11 is 0. The van der Waals surface area contributed by atoms with Crippen LogP contribution in [0, 0.1) is 6.92 Å². The average molecular weight is 362 g/mol. The van der Waals surface area contributed by atoms with E-state index in [2.05, 4.69) is 65.6 Å². The Morgan fingerprint density at radius 2 is 1.59 bits per heavy atom. The summed E-state index contributed by atoms with van der Waals surface area (Å²) in [6.45, 7) is 8.57. The first-order valence-electron chi connectivity index (χ1n) is 8.98. The molecule has 5 nitrogen and oxygen atoms in total. The second-order valence-electron chi connectivity index (χ2n) is 7.53. The van der Waals surface area contributed by atoms with Crippen molar-refractivity contribution in [2.24, 2.45) is 0 Å². The van der Waals surface area contributed by atoms with E-state index >= 15 is 0 Å². The van der Waals surface area contributed by atoms with Crippen LogP contribution in [0.15, 0.2) is 54.6 Å². The Kier molecular flexibility index (Phi) is 5.31. The number of nitrogens with zero attached hydrogens (tertiary/aromatic N) is 2. The van der Waals surface area contributed by atoms with E-state index in [1.165, 1.54) is 5.56 Å². The third kappa shape index (κ3) is 4.97. The highest BCUT2D eigenvalue weighted by atomic mass is 16.5. The van der Waals surface area contributed by atoms with Gasteiger partial charge < -0.3 is 15.4 Å². The van der Waals surface area contributed by atoms with Crippen molar-refractivity contribution in [3.8, 4) is 5.75 Å². The molecular weight excluding hydrogens is 336 g/mol. The minimum absolute atomic E-state index is 0.137. The maximum absolute atomic E-state index is 5.26. The summed E-state index contributed by atoms with van der Waals surface area (Å²) in [6.07, 6.45) is 0. The molecule has 0 bridgehead atoms. The number of hydrogen-bond acceptors (Lipinski definition) is 5. The van der Waals surface area contributed by atoms with Crippen LogP contribution in [-0.2, 0) is 5.41 Å². The number of aromatic nitrogens is 2. The third-order valence-electron chi connectivity index (χ3n) is 4.20. The van der Waals surface area contributed by atoms with Gasteiger partial charge in [-0.05, 0) is 42.2 Å². The Balaban J connectivity index is 1.78. The molecule has 0 spiro atoms. The minimum atomic E-state index is 0.137. The quantitative estimate of drug-likeness (QED) is 0.620. The molecule has 0 aliphatic rings. The summed E-state index contributed by atoms with van der Waals surface area (Å²) in [5.74, 6) is 2.07. The molecule has 3 rings (SSSR count). The van der Waals surface area contributed by atoms with Crippen LogP contribution in [0.5, 0.6) is 5.75 Å². The summed E-state index contributed by atoms with van der Waals surface area (Å²) in [5, 5.41) is 6.59. The van der Waals surface area contributed by atoms with Gasteiger partial charge >= 0.3 is 0 Å². The first kappa shape index (κ1) is 18.7. The summed E-state index contributed by atoms with van der Waals surface area (Å²) < 4.78 is 5.26. The van der Waals surface area contributed by atoms with Crippen LogP contribution < -0.4 is 15.4 Å². The Morgan fingerprint density at radius 1 is 0.852 bits per heavy atom. The molecule has 0 saturated heterocycles. The Bertz CT molecular complexity index is 914. The van der Waals surface area contributed by atoms with E-state index in [9.17, 15) is 0 Å². The highest BCUT2D eigenvalue weighted by molar-refractivity contribution is 5.61. The highest BCUT2D eigenvalue weighted by Crippen LogP contribution is 2.25. The normalized spacial score (nSPS) is 11.1. The lowest BCUT2D eigenvalue weighted by Crippen LogP contribution is -2.10. The zero-order chi connectivity index (χ0) is 19.4. The lowest BCUT2D eigenvalue weighted by molar-refractivity contribution is 0.415. The maximum Gasteiger partial charge on any atom is 0.229 e. The molecule has 2 aromatic carbocycles. The van der Waals surface area contributed by atoms with Gasteiger partial charge in [-0.25, -0.2) is 4.98 Å². The van der Waals surface area contributed by atoms with Crippen LogP contribution in [0.1, 0.15) is 32.0 Å². The molecule has 5 heteroatoms. The number of hydrogen-bond donors (Lipinski definition) is 2. The van der Waals surface area contributed by atoms with E-state index in [1.54, 1.807) is 7.11 Å². The molecule has 0 aliphatic heterocycles. The van der Waals surface area contributed by atoms with Crippen LogP contribution >= 0.6 is 0 Å². The van der Waals surface area contributed by atoms with E-state index in [1.807, 2.05) is 37.3 Å². The minimum Gasteiger partial charge on any atom is -0.497 e. The molecule has 0 fully saturated rings. The van der Waals surface area contributed by atoms with Gasteiger partial charge in [0.15, 0.2) is 0 Å². The smallest absolute Gasteiger partial charge is 0.229 e. The molecule has 0 saturated carbocycles. The zero-order valence-electron chi connectivity index (χ0n) is 16.5. The van der Waals surface area contributed by atoms with Crippen LogP contribution in [0.2, 0.25) is 0 Å². The molecule has 0 amide bonds. The zero-order valence-corrected chi connectivity index (χ0v) is 16.5. The molecule has 140 valence electrons. The molecule has 0 atom stereocenters. The van der Waals surface area contributed by atoms with Gasteiger partial charge in [0.25, 0.3) is 0 Å². The molecule has 0 unspecified atom stereocenters. The Hall–Kier alpha value is -3.08. The van der Waals surface area contributed by atoms with Gasteiger partial charge in [0.1, 0.15) is 11.6 Å². The van der Waals surface area contributed by atoms with Crippen molar-refractivity contribution >= 4 is 23.1 Å². The number of ether oxygens (including phenoxy) is 1. The number of anilines is 4. The number of benzene rings is 2. The summed E-state index contributed by atoms with van der Waals surface area (Å²) in [5.41, 5.74) is 4.18. The highest BCUT2D eigenvalue weighted by Gasteiger charge is 2.13. The van der Waals surface area contributed by atoms with Crippen LogP contribution in [0.4, 0.5) is 23.1 Å². The predicted molar refractivity (Wildman–Crippen MR) is 111 cm³/mol. The van der Waals surface area contributed by atoms with E-state index in [-0.39, 0.29) is 5.41 Å². The van der Waals surface area contributed by atoms with Crippen LogP contribution in [0.3, 0.4) is 0 Å². The number of rotatable bonds is 5. The van der Waals surface area contributed by atoms with Gasteiger partial charge in [-0.1, -0.05) is 39.0 Å². The van der Waals surface area contributed by atoms with Gasteiger partial charge in [-0.2, -0.15) is 4.98 Å². The topological polar surface area (TPSA) is 59.1 Å². The second-order valence-corrected chi connectivity index (χ2v) is 7.53. The first-order chi connectivity index (χ1) is 12.8. The first-order valence-corrected chi connectivity index (χ1v) is 8.98. The molecule has 1 heterocycles.